The molecule has 6 heteroatoms. The van der Waals surface area contributed by atoms with Gasteiger partial charge in [-0.25, -0.2) is 4.39 Å². The molecule has 1 heterocycles. The number of nitrogens with zero attached hydrogens (tertiary/aromatic N) is 1. The van der Waals surface area contributed by atoms with Gasteiger partial charge in [0.1, 0.15) is 29.5 Å². The van der Waals surface area contributed by atoms with Gasteiger partial charge in [-0.2, -0.15) is 0 Å². The number of anilines is 2. The van der Waals surface area contributed by atoms with Crippen LogP contribution in [0, 0.1) is 5.82 Å². The predicted octanol–water partition coefficient (Wildman–Crippen LogP) is 4.88. The van der Waals surface area contributed by atoms with E-state index in [0.29, 0.717) is 33.9 Å². The zero-order chi connectivity index (χ0) is 21.3. The maximum Gasteiger partial charge on any atom is 0.251 e. The number of hydrogen-bond donors (Lipinski definition) is 1. The van der Waals surface area contributed by atoms with E-state index in [1.807, 2.05) is 26.0 Å². The summed E-state index contributed by atoms with van der Waals surface area (Å²) in [4.78, 5) is 14.5. The highest BCUT2D eigenvalue weighted by molar-refractivity contribution is 6.08. The third kappa shape index (κ3) is 3.70. The van der Waals surface area contributed by atoms with Crippen molar-refractivity contribution in [3.05, 3.63) is 66.7 Å². The summed E-state index contributed by atoms with van der Waals surface area (Å²) < 4.78 is 25.2. The number of amides is 1. The monoisotopic (exact) mass is 396 g/mol. The molecule has 152 valence electrons. The molecular weight excluding hydrogens is 371 g/mol. The zero-order valence-corrected chi connectivity index (χ0v) is 17.1. The molecule has 1 aliphatic heterocycles. The summed E-state index contributed by atoms with van der Waals surface area (Å²) in [7, 11) is 3.26. The van der Waals surface area contributed by atoms with Gasteiger partial charge in [0.05, 0.1) is 18.5 Å². The largest absolute Gasteiger partial charge is 0.496 e. The Balaban J connectivity index is 2.25. The average molecular weight is 396 g/mol. The second-order valence-corrected chi connectivity index (χ2v) is 7.41. The van der Waals surface area contributed by atoms with Gasteiger partial charge in [-0.1, -0.05) is 19.2 Å². The lowest BCUT2D eigenvalue weighted by molar-refractivity contribution is -0.121. The molecule has 1 amide bonds. The van der Waals surface area contributed by atoms with E-state index in [4.69, 9.17) is 9.47 Å². The fourth-order valence-electron chi connectivity index (χ4n) is 3.54. The highest BCUT2D eigenvalue weighted by atomic mass is 19.1. The SMILES string of the molecule is C=CC(=C)OCc1c(-c2cc(F)ccc2OC)ccc2c1N(C)C(=O)C(C)(C)N2. The van der Waals surface area contributed by atoms with Crippen LogP contribution in [0.25, 0.3) is 11.1 Å². The quantitative estimate of drug-likeness (QED) is 0.558. The molecular formula is C23H25FN2O3. The minimum atomic E-state index is -0.747. The van der Waals surface area contributed by atoms with Crippen LogP contribution in [0.5, 0.6) is 5.75 Å². The number of fused-ring (bicyclic) bond motifs is 1. The van der Waals surface area contributed by atoms with Crippen molar-refractivity contribution in [3.63, 3.8) is 0 Å². The topological polar surface area (TPSA) is 50.8 Å². The smallest absolute Gasteiger partial charge is 0.251 e. The molecule has 0 saturated carbocycles. The van der Waals surface area contributed by atoms with Gasteiger partial charge in [-0.05, 0) is 49.8 Å². The highest BCUT2D eigenvalue weighted by Gasteiger charge is 2.38. The number of hydrogen-bond acceptors (Lipinski definition) is 4. The molecule has 0 aliphatic carbocycles. The Morgan fingerprint density at radius 3 is 2.66 bits per heavy atom. The van der Waals surface area contributed by atoms with Crippen LogP contribution < -0.4 is 15.0 Å². The van der Waals surface area contributed by atoms with Crippen LogP contribution in [0.4, 0.5) is 15.8 Å². The fourth-order valence-corrected chi connectivity index (χ4v) is 3.54. The Hall–Kier alpha value is -3.28. The Kier molecular flexibility index (Phi) is 5.38. The standard InChI is InChI=1S/C23H25FN2O3/c1-7-14(2)29-13-18-16(17-12-15(24)8-11-20(17)28-6)9-10-19-21(18)26(5)22(27)23(3,4)25-19/h7-12,25H,1-2,13H2,3-6H3. The molecule has 3 rings (SSSR count). The van der Waals surface area contributed by atoms with Gasteiger partial charge < -0.3 is 19.7 Å². The van der Waals surface area contributed by atoms with Crippen LogP contribution in [-0.2, 0) is 16.1 Å². The Morgan fingerprint density at radius 2 is 2.00 bits per heavy atom. The summed E-state index contributed by atoms with van der Waals surface area (Å²) in [5.41, 5.74) is 2.71. The van der Waals surface area contributed by atoms with Gasteiger partial charge in [0, 0.05) is 18.2 Å². The summed E-state index contributed by atoms with van der Waals surface area (Å²) in [6, 6.07) is 8.09. The zero-order valence-electron chi connectivity index (χ0n) is 17.1. The summed E-state index contributed by atoms with van der Waals surface area (Å²) in [6.07, 6.45) is 1.51. The normalized spacial score (nSPS) is 14.7. The van der Waals surface area contributed by atoms with Crippen molar-refractivity contribution in [1.82, 2.24) is 0 Å². The summed E-state index contributed by atoms with van der Waals surface area (Å²) >= 11 is 0. The van der Waals surface area contributed by atoms with Crippen molar-refractivity contribution in [2.75, 3.05) is 24.4 Å². The van der Waals surface area contributed by atoms with Crippen molar-refractivity contribution < 1.29 is 18.7 Å². The lowest BCUT2D eigenvalue weighted by Gasteiger charge is -2.39. The van der Waals surface area contributed by atoms with Crippen molar-refractivity contribution >= 4 is 17.3 Å². The Labute approximate surface area is 170 Å². The van der Waals surface area contributed by atoms with Gasteiger partial charge >= 0.3 is 0 Å². The lowest BCUT2D eigenvalue weighted by Crippen LogP contribution is -2.52. The lowest BCUT2D eigenvalue weighted by atomic mass is 9.92. The van der Waals surface area contributed by atoms with Gasteiger partial charge in [-0.15, -0.1) is 0 Å². The van der Waals surface area contributed by atoms with Crippen LogP contribution in [0.3, 0.4) is 0 Å². The molecule has 0 atom stereocenters. The number of allylic oxidation sites excluding steroid dienone is 1. The van der Waals surface area contributed by atoms with E-state index in [9.17, 15) is 9.18 Å². The molecule has 0 bridgehead atoms. The molecule has 0 spiro atoms. The van der Waals surface area contributed by atoms with Crippen LogP contribution in [-0.4, -0.2) is 25.6 Å². The van der Waals surface area contributed by atoms with E-state index in [1.54, 1.807) is 18.0 Å². The number of nitrogens with one attached hydrogen (secondary N) is 1. The average Bonchev–Trinajstić information content (AvgIpc) is 2.69. The van der Waals surface area contributed by atoms with E-state index < -0.39 is 5.54 Å². The number of halogens is 1. The summed E-state index contributed by atoms with van der Waals surface area (Å²) in [5.74, 6) is 0.452. The third-order valence-electron chi connectivity index (χ3n) is 4.99. The molecule has 0 fully saturated rings. The number of rotatable bonds is 6. The molecule has 0 unspecified atom stereocenters. The van der Waals surface area contributed by atoms with E-state index in [2.05, 4.69) is 18.5 Å². The third-order valence-corrected chi connectivity index (χ3v) is 4.99. The predicted molar refractivity (Wildman–Crippen MR) is 114 cm³/mol. The first-order valence-electron chi connectivity index (χ1n) is 9.20. The van der Waals surface area contributed by atoms with Crippen molar-refractivity contribution in [2.45, 2.75) is 26.0 Å². The molecule has 1 aliphatic rings. The maximum absolute atomic E-state index is 14.1. The molecule has 1 N–H and O–H groups in total. The highest BCUT2D eigenvalue weighted by Crippen LogP contribution is 2.44. The minimum Gasteiger partial charge on any atom is -0.496 e. The van der Waals surface area contributed by atoms with Crippen molar-refractivity contribution in [3.8, 4) is 16.9 Å². The van der Waals surface area contributed by atoms with Crippen molar-refractivity contribution in [2.24, 2.45) is 0 Å². The van der Waals surface area contributed by atoms with Crippen LogP contribution in [0.15, 0.2) is 55.3 Å². The number of carbonyl (C=O) groups is 1. The maximum atomic E-state index is 14.1. The first kappa shape index (κ1) is 20.5. The Morgan fingerprint density at radius 1 is 1.28 bits per heavy atom. The molecule has 2 aromatic carbocycles. The number of carbonyl (C=O) groups excluding carboxylic acids is 1. The van der Waals surface area contributed by atoms with E-state index >= 15 is 0 Å². The van der Waals surface area contributed by atoms with Gasteiger partial charge in [-0.3, -0.25) is 4.79 Å². The second kappa shape index (κ2) is 7.62. The first-order chi connectivity index (χ1) is 13.7. The van der Waals surface area contributed by atoms with Gasteiger partial charge in [0.2, 0.25) is 0 Å². The minimum absolute atomic E-state index is 0.0860. The molecule has 0 aromatic heterocycles. The van der Waals surface area contributed by atoms with Crippen molar-refractivity contribution in [1.29, 1.82) is 0 Å². The molecule has 29 heavy (non-hydrogen) atoms. The van der Waals surface area contributed by atoms with Crippen LogP contribution >= 0.6 is 0 Å². The molecule has 5 nitrogen and oxygen atoms in total. The fraction of sp³-hybridized carbons (Fsp3) is 0.261. The van der Waals surface area contributed by atoms with E-state index in [0.717, 1.165) is 5.69 Å². The molecule has 0 saturated heterocycles. The Bertz CT molecular complexity index is 998. The summed E-state index contributed by atoms with van der Waals surface area (Å²) in [5, 5.41) is 3.28. The first-order valence-corrected chi connectivity index (χ1v) is 9.20. The number of methoxy groups -OCH3 is 1. The number of ether oxygens (including phenoxy) is 2. The molecule has 0 radical (unpaired) electrons. The number of benzene rings is 2. The van der Waals surface area contributed by atoms with Gasteiger partial charge in [0.25, 0.3) is 5.91 Å². The van der Waals surface area contributed by atoms with Crippen LogP contribution in [0.2, 0.25) is 0 Å². The second-order valence-electron chi connectivity index (χ2n) is 7.41. The van der Waals surface area contributed by atoms with E-state index in [1.165, 1.54) is 25.3 Å². The molecule has 2 aromatic rings. The van der Waals surface area contributed by atoms with Gasteiger partial charge in [0.15, 0.2) is 0 Å². The van der Waals surface area contributed by atoms with Crippen LogP contribution in [0.1, 0.15) is 19.4 Å². The summed E-state index contributed by atoms with van der Waals surface area (Å²) in [6.45, 7) is 11.2. The van der Waals surface area contributed by atoms with E-state index in [-0.39, 0.29) is 18.3 Å². The number of likely N-dealkylation sites (N-methyl/N-ethyl adjacent to an activating group) is 1.